The van der Waals surface area contributed by atoms with E-state index in [1.165, 1.54) is 0 Å². The smallest absolute Gasteiger partial charge is 0.306 e. The molecule has 0 rings (SSSR count). The van der Waals surface area contributed by atoms with Crippen molar-refractivity contribution >= 4 is 17.9 Å². The number of ether oxygens (including phenoxy) is 3. The van der Waals surface area contributed by atoms with Crippen molar-refractivity contribution < 1.29 is 28.6 Å². The van der Waals surface area contributed by atoms with Gasteiger partial charge in [-0.15, -0.1) is 0 Å². The summed E-state index contributed by atoms with van der Waals surface area (Å²) in [6, 6.07) is 0. The molecule has 0 saturated heterocycles. The summed E-state index contributed by atoms with van der Waals surface area (Å²) in [5, 5.41) is 0. The summed E-state index contributed by atoms with van der Waals surface area (Å²) in [5.41, 5.74) is 0. The van der Waals surface area contributed by atoms with Crippen molar-refractivity contribution in [1.29, 1.82) is 0 Å². The van der Waals surface area contributed by atoms with Crippen LogP contribution >= 0.6 is 0 Å². The molecule has 0 N–H and O–H groups in total. The van der Waals surface area contributed by atoms with Gasteiger partial charge in [0, 0.05) is 19.3 Å². The molecule has 0 aromatic rings. The van der Waals surface area contributed by atoms with Gasteiger partial charge in [-0.25, -0.2) is 0 Å². The average molecular weight is 815 g/mol. The van der Waals surface area contributed by atoms with Crippen LogP contribution in [0.2, 0.25) is 0 Å². The molecule has 0 aliphatic heterocycles. The number of carbonyl (C=O) groups is 3. The van der Waals surface area contributed by atoms with E-state index in [4.69, 9.17) is 14.2 Å². The van der Waals surface area contributed by atoms with Crippen molar-refractivity contribution in [3.63, 3.8) is 0 Å². The fourth-order valence-corrected chi connectivity index (χ4v) is 5.69. The third kappa shape index (κ3) is 44.8. The van der Waals surface area contributed by atoms with E-state index in [1.807, 2.05) is 48.6 Å². The van der Waals surface area contributed by atoms with Gasteiger partial charge in [-0.2, -0.15) is 0 Å². The highest BCUT2D eigenvalue weighted by Crippen LogP contribution is 2.12. The predicted molar refractivity (Wildman–Crippen MR) is 251 cm³/mol. The maximum Gasteiger partial charge on any atom is 0.306 e. The number of unbranched alkanes of at least 4 members (excludes halogenated alkanes) is 12. The van der Waals surface area contributed by atoms with E-state index in [9.17, 15) is 14.4 Å². The summed E-state index contributed by atoms with van der Waals surface area (Å²) in [7, 11) is 0. The Hall–Kier alpha value is -4.19. The molecule has 0 aliphatic rings. The molecule has 0 fully saturated rings. The van der Waals surface area contributed by atoms with E-state index in [1.54, 1.807) is 0 Å². The maximum atomic E-state index is 12.7. The van der Waals surface area contributed by atoms with Gasteiger partial charge in [0.25, 0.3) is 0 Å². The van der Waals surface area contributed by atoms with Crippen molar-refractivity contribution in [3.05, 3.63) is 122 Å². The zero-order valence-corrected chi connectivity index (χ0v) is 37.5. The normalized spacial score (nSPS) is 13.2. The number of hydrogen-bond acceptors (Lipinski definition) is 6. The van der Waals surface area contributed by atoms with E-state index in [0.717, 1.165) is 135 Å². The number of allylic oxidation sites excluding steroid dienone is 20. The second kappa shape index (κ2) is 46.5. The third-order valence-corrected chi connectivity index (χ3v) is 9.07. The van der Waals surface area contributed by atoms with Gasteiger partial charge >= 0.3 is 17.9 Å². The molecule has 0 saturated carbocycles. The molecule has 1 unspecified atom stereocenters. The Morgan fingerprint density at radius 1 is 0.356 bits per heavy atom. The minimum absolute atomic E-state index is 0.113. The fourth-order valence-electron chi connectivity index (χ4n) is 5.69. The number of carbonyl (C=O) groups excluding carboxylic acids is 3. The minimum atomic E-state index is -0.815. The Morgan fingerprint density at radius 2 is 0.695 bits per heavy atom. The summed E-state index contributed by atoms with van der Waals surface area (Å²) >= 11 is 0. The van der Waals surface area contributed by atoms with Gasteiger partial charge in [-0.1, -0.05) is 181 Å². The highest BCUT2D eigenvalue weighted by molar-refractivity contribution is 5.71. The van der Waals surface area contributed by atoms with E-state index in [2.05, 4.69) is 93.7 Å². The lowest BCUT2D eigenvalue weighted by molar-refractivity contribution is -0.167. The lowest BCUT2D eigenvalue weighted by Crippen LogP contribution is -2.30. The molecular weight excluding hydrogens is 733 g/mol. The van der Waals surface area contributed by atoms with E-state index in [0.29, 0.717) is 12.8 Å². The zero-order valence-electron chi connectivity index (χ0n) is 37.5. The lowest BCUT2D eigenvalue weighted by Gasteiger charge is -2.18. The summed E-state index contributed by atoms with van der Waals surface area (Å²) in [6.07, 6.45) is 63.2. The van der Waals surface area contributed by atoms with Crippen LogP contribution in [-0.4, -0.2) is 37.2 Å². The van der Waals surface area contributed by atoms with Crippen molar-refractivity contribution in [2.75, 3.05) is 13.2 Å². The number of rotatable bonds is 39. The molecule has 6 nitrogen and oxygen atoms in total. The second-order valence-corrected chi connectivity index (χ2v) is 14.6. The van der Waals surface area contributed by atoms with Crippen LogP contribution in [0.25, 0.3) is 0 Å². The molecule has 330 valence electrons. The first-order valence-electron chi connectivity index (χ1n) is 23.1. The molecule has 0 aromatic heterocycles. The SMILES string of the molecule is CC\C=C/C=C\C=C/C=C\C=C/CCCCCC(=O)OCC(COC(=O)CCCCCCC/C=C\C/C=C\CC)OC(=O)CCCCCC/C=C\C/C=C\C/C=C\CC. The molecular formula is C53H82O6. The Morgan fingerprint density at radius 3 is 1.17 bits per heavy atom. The lowest BCUT2D eigenvalue weighted by atomic mass is 10.1. The van der Waals surface area contributed by atoms with Gasteiger partial charge in [0.2, 0.25) is 0 Å². The first-order valence-corrected chi connectivity index (χ1v) is 23.1. The van der Waals surface area contributed by atoms with E-state index >= 15 is 0 Å². The fraction of sp³-hybridized carbons (Fsp3) is 0.566. The number of esters is 3. The van der Waals surface area contributed by atoms with Gasteiger partial charge in [-0.3, -0.25) is 14.4 Å². The van der Waals surface area contributed by atoms with E-state index in [-0.39, 0.29) is 37.5 Å². The van der Waals surface area contributed by atoms with Crippen LogP contribution in [0.3, 0.4) is 0 Å². The van der Waals surface area contributed by atoms with Gasteiger partial charge in [0.1, 0.15) is 13.2 Å². The van der Waals surface area contributed by atoms with Crippen molar-refractivity contribution in [1.82, 2.24) is 0 Å². The Kier molecular flexibility index (Phi) is 43.2. The molecule has 0 aromatic carbocycles. The predicted octanol–water partition coefficient (Wildman–Crippen LogP) is 15.0. The monoisotopic (exact) mass is 815 g/mol. The van der Waals surface area contributed by atoms with Crippen LogP contribution in [0.4, 0.5) is 0 Å². The van der Waals surface area contributed by atoms with Crippen LogP contribution in [0.5, 0.6) is 0 Å². The highest BCUT2D eigenvalue weighted by Gasteiger charge is 2.19. The van der Waals surface area contributed by atoms with Crippen LogP contribution in [0.15, 0.2) is 122 Å². The molecule has 0 heterocycles. The highest BCUT2D eigenvalue weighted by atomic mass is 16.6. The quantitative estimate of drug-likeness (QED) is 0.0202. The summed E-state index contributed by atoms with van der Waals surface area (Å²) in [5.74, 6) is -1.01. The molecule has 0 bridgehead atoms. The van der Waals surface area contributed by atoms with Gasteiger partial charge < -0.3 is 14.2 Å². The first kappa shape index (κ1) is 54.8. The van der Waals surface area contributed by atoms with Crippen LogP contribution in [0.1, 0.15) is 175 Å². The van der Waals surface area contributed by atoms with Crippen LogP contribution < -0.4 is 0 Å². The van der Waals surface area contributed by atoms with Crippen molar-refractivity contribution in [2.45, 2.75) is 181 Å². The largest absolute Gasteiger partial charge is 0.462 e. The second-order valence-electron chi connectivity index (χ2n) is 14.6. The molecule has 0 spiro atoms. The Labute approximate surface area is 361 Å². The van der Waals surface area contributed by atoms with Crippen molar-refractivity contribution in [2.24, 2.45) is 0 Å². The van der Waals surface area contributed by atoms with Crippen LogP contribution in [-0.2, 0) is 28.6 Å². The zero-order chi connectivity index (χ0) is 43.0. The van der Waals surface area contributed by atoms with Gasteiger partial charge in [0.05, 0.1) is 0 Å². The van der Waals surface area contributed by atoms with Gasteiger partial charge in [0.15, 0.2) is 6.10 Å². The maximum absolute atomic E-state index is 12.7. The van der Waals surface area contributed by atoms with Crippen LogP contribution in [0, 0.1) is 0 Å². The Balaban J connectivity index is 4.56. The summed E-state index contributed by atoms with van der Waals surface area (Å²) < 4.78 is 16.7. The minimum Gasteiger partial charge on any atom is -0.462 e. The Bertz CT molecular complexity index is 1300. The average Bonchev–Trinajstić information content (AvgIpc) is 3.23. The standard InChI is InChI=1S/C53H82O6/c1-4-7-10-13-16-19-22-25-27-29-31-34-37-40-43-46-52(55)58-49-50(48-57-51(54)45-42-39-36-33-30-24-21-18-15-12-9-6-3)59-53(56)47-44-41-38-35-32-28-26-23-20-17-14-11-8-5-2/h7-13,16-22,25-29,31,50H,4-6,14-15,23-24,30,32-49H2,1-3H3/b10-7-,11-8-,12-9-,16-13-,20-17-,21-18-,22-19-,27-25-,28-26-,31-29-. The molecule has 59 heavy (non-hydrogen) atoms. The molecule has 0 amide bonds. The molecule has 0 aliphatic carbocycles. The van der Waals surface area contributed by atoms with Gasteiger partial charge in [-0.05, 0) is 96.3 Å². The first-order chi connectivity index (χ1) is 29.0. The molecule has 6 heteroatoms. The topological polar surface area (TPSA) is 78.9 Å². The summed E-state index contributed by atoms with van der Waals surface area (Å²) in [4.78, 5) is 37.8. The van der Waals surface area contributed by atoms with E-state index < -0.39 is 6.10 Å². The number of hydrogen-bond donors (Lipinski definition) is 0. The summed E-state index contributed by atoms with van der Waals surface area (Å²) in [6.45, 7) is 6.17. The van der Waals surface area contributed by atoms with Crippen molar-refractivity contribution in [3.8, 4) is 0 Å². The molecule has 1 atom stereocenters. The molecule has 0 radical (unpaired) electrons. The third-order valence-electron chi connectivity index (χ3n) is 9.07.